The SMILES string of the molecule is CCC(=O)C(CC1CCCCC1=O)NC(=O)C1CC(C)CN1C(=O)c1cc2c(OC)cccc2[nH]1. The first-order valence-electron chi connectivity index (χ1n) is 12.6. The summed E-state index contributed by atoms with van der Waals surface area (Å²) in [5.41, 5.74) is 1.18. The molecule has 35 heavy (non-hydrogen) atoms. The minimum Gasteiger partial charge on any atom is -0.496 e. The zero-order valence-electron chi connectivity index (χ0n) is 20.8. The number of benzene rings is 1. The van der Waals surface area contributed by atoms with Crippen molar-refractivity contribution in [3.05, 3.63) is 30.0 Å². The Hall–Kier alpha value is -3.16. The van der Waals surface area contributed by atoms with Gasteiger partial charge >= 0.3 is 0 Å². The van der Waals surface area contributed by atoms with Crippen LogP contribution in [0.25, 0.3) is 10.9 Å². The van der Waals surface area contributed by atoms with E-state index in [9.17, 15) is 19.2 Å². The van der Waals surface area contributed by atoms with E-state index in [1.165, 1.54) is 0 Å². The number of fused-ring (bicyclic) bond motifs is 1. The summed E-state index contributed by atoms with van der Waals surface area (Å²) in [6.45, 7) is 4.23. The molecule has 0 bridgehead atoms. The predicted octanol–water partition coefficient (Wildman–Crippen LogP) is 3.64. The van der Waals surface area contributed by atoms with Crippen LogP contribution in [0.4, 0.5) is 0 Å². The molecule has 2 aromatic rings. The van der Waals surface area contributed by atoms with Crippen LogP contribution in [0, 0.1) is 11.8 Å². The summed E-state index contributed by atoms with van der Waals surface area (Å²) in [5, 5.41) is 3.72. The van der Waals surface area contributed by atoms with E-state index in [2.05, 4.69) is 10.3 Å². The highest BCUT2D eigenvalue weighted by molar-refractivity contribution is 6.02. The van der Waals surface area contributed by atoms with Crippen molar-refractivity contribution < 1.29 is 23.9 Å². The summed E-state index contributed by atoms with van der Waals surface area (Å²) in [5.74, 6) is 0.142. The van der Waals surface area contributed by atoms with Crippen molar-refractivity contribution in [2.75, 3.05) is 13.7 Å². The lowest BCUT2D eigenvalue weighted by atomic mass is 9.82. The second-order valence-electron chi connectivity index (χ2n) is 9.94. The molecule has 1 aliphatic carbocycles. The van der Waals surface area contributed by atoms with Crippen LogP contribution >= 0.6 is 0 Å². The van der Waals surface area contributed by atoms with Crippen LogP contribution in [0.2, 0.25) is 0 Å². The number of H-pyrrole nitrogens is 1. The number of aromatic nitrogens is 1. The van der Waals surface area contributed by atoms with Gasteiger partial charge in [-0.15, -0.1) is 0 Å². The fourth-order valence-electron chi connectivity index (χ4n) is 5.47. The third-order valence-electron chi connectivity index (χ3n) is 7.40. The van der Waals surface area contributed by atoms with Gasteiger partial charge in [0.2, 0.25) is 5.91 Å². The number of nitrogens with zero attached hydrogens (tertiary/aromatic N) is 1. The maximum Gasteiger partial charge on any atom is 0.270 e. The van der Waals surface area contributed by atoms with Crippen LogP contribution in [-0.2, 0) is 14.4 Å². The molecule has 4 unspecified atom stereocenters. The number of aromatic amines is 1. The lowest BCUT2D eigenvalue weighted by molar-refractivity contribution is -0.131. The number of carbonyl (C=O) groups excluding carboxylic acids is 4. The summed E-state index contributed by atoms with van der Waals surface area (Å²) in [7, 11) is 1.58. The largest absolute Gasteiger partial charge is 0.496 e. The van der Waals surface area contributed by atoms with Crippen molar-refractivity contribution in [3.8, 4) is 5.75 Å². The number of amides is 2. The fourth-order valence-corrected chi connectivity index (χ4v) is 5.47. The van der Waals surface area contributed by atoms with Crippen LogP contribution in [-0.4, -0.2) is 59.0 Å². The molecule has 2 aliphatic rings. The standard InChI is InChI=1S/C27H35N3O5/c1-4-23(31)20(13-17-8-5-6-10-24(17)32)29-26(33)22-12-16(2)15-30(22)27(34)21-14-18-19(28-21)9-7-11-25(18)35-3/h7,9,11,14,16-17,20,22,28H,4-6,8,10,12-13,15H2,1-3H3,(H,29,33). The van der Waals surface area contributed by atoms with Crippen molar-refractivity contribution in [3.63, 3.8) is 0 Å². The molecular formula is C27H35N3O5. The Kier molecular flexibility index (Phi) is 7.57. The predicted molar refractivity (Wildman–Crippen MR) is 132 cm³/mol. The van der Waals surface area contributed by atoms with E-state index in [4.69, 9.17) is 4.74 Å². The monoisotopic (exact) mass is 481 g/mol. The molecule has 1 aromatic heterocycles. The maximum atomic E-state index is 13.5. The van der Waals surface area contributed by atoms with Crippen molar-refractivity contribution in [2.24, 2.45) is 11.8 Å². The molecule has 1 saturated carbocycles. The van der Waals surface area contributed by atoms with Gasteiger partial charge in [-0.05, 0) is 49.8 Å². The second kappa shape index (κ2) is 10.6. The van der Waals surface area contributed by atoms with Crippen molar-refractivity contribution in [1.29, 1.82) is 0 Å². The number of methoxy groups -OCH3 is 1. The van der Waals surface area contributed by atoms with Gasteiger partial charge in [-0.3, -0.25) is 19.2 Å². The summed E-state index contributed by atoms with van der Waals surface area (Å²) in [6.07, 6.45) is 4.32. The molecule has 4 rings (SSSR count). The molecule has 2 fully saturated rings. The molecule has 2 N–H and O–H groups in total. The normalized spacial score (nSPS) is 23.3. The first kappa shape index (κ1) is 24.9. The van der Waals surface area contributed by atoms with Gasteiger partial charge in [0, 0.05) is 36.2 Å². The Morgan fingerprint density at radius 2 is 2.06 bits per heavy atom. The van der Waals surface area contributed by atoms with Gasteiger partial charge in [-0.2, -0.15) is 0 Å². The molecule has 0 spiro atoms. The smallest absolute Gasteiger partial charge is 0.270 e. The number of hydrogen-bond acceptors (Lipinski definition) is 5. The first-order chi connectivity index (χ1) is 16.8. The molecular weight excluding hydrogens is 446 g/mol. The Labute approximate surface area is 205 Å². The number of likely N-dealkylation sites (tertiary alicyclic amines) is 1. The first-order valence-corrected chi connectivity index (χ1v) is 12.6. The van der Waals surface area contributed by atoms with Crippen LogP contribution in [0.15, 0.2) is 24.3 Å². The van der Waals surface area contributed by atoms with E-state index in [1.54, 1.807) is 25.0 Å². The molecule has 4 atom stereocenters. The van der Waals surface area contributed by atoms with Gasteiger partial charge < -0.3 is 19.9 Å². The zero-order chi connectivity index (χ0) is 25.1. The number of carbonyl (C=O) groups is 4. The number of nitrogens with one attached hydrogen (secondary N) is 2. The van der Waals surface area contributed by atoms with Crippen LogP contribution < -0.4 is 10.1 Å². The summed E-state index contributed by atoms with van der Waals surface area (Å²) in [4.78, 5) is 56.6. The van der Waals surface area contributed by atoms with Gasteiger partial charge in [0.05, 0.1) is 13.2 Å². The molecule has 1 aliphatic heterocycles. The topological polar surface area (TPSA) is 109 Å². The highest BCUT2D eigenvalue weighted by atomic mass is 16.5. The van der Waals surface area contributed by atoms with E-state index in [-0.39, 0.29) is 41.6 Å². The number of Topliss-reactive ketones (excluding diaryl/α,β-unsaturated/α-hetero) is 2. The molecule has 1 saturated heterocycles. The van der Waals surface area contributed by atoms with E-state index < -0.39 is 12.1 Å². The Bertz CT molecular complexity index is 1120. The van der Waals surface area contributed by atoms with Crippen LogP contribution in [0.3, 0.4) is 0 Å². The van der Waals surface area contributed by atoms with E-state index in [1.807, 2.05) is 25.1 Å². The van der Waals surface area contributed by atoms with Gasteiger partial charge in [0.1, 0.15) is 23.3 Å². The van der Waals surface area contributed by atoms with Gasteiger partial charge in [0.25, 0.3) is 5.91 Å². The zero-order valence-corrected chi connectivity index (χ0v) is 20.8. The number of ketones is 2. The maximum absolute atomic E-state index is 13.5. The van der Waals surface area contributed by atoms with Crippen molar-refractivity contribution in [1.82, 2.24) is 15.2 Å². The van der Waals surface area contributed by atoms with E-state index in [0.29, 0.717) is 37.3 Å². The highest BCUT2D eigenvalue weighted by Gasteiger charge is 2.40. The van der Waals surface area contributed by atoms with E-state index in [0.717, 1.165) is 30.2 Å². The average Bonchev–Trinajstić information content (AvgIpc) is 3.47. The number of hydrogen-bond donors (Lipinski definition) is 2. The molecule has 188 valence electrons. The minimum absolute atomic E-state index is 0.0802. The van der Waals surface area contributed by atoms with Crippen LogP contribution in [0.1, 0.15) is 69.3 Å². The summed E-state index contributed by atoms with van der Waals surface area (Å²) < 4.78 is 5.40. The molecule has 1 aromatic carbocycles. The van der Waals surface area contributed by atoms with Crippen molar-refractivity contribution >= 4 is 34.3 Å². The Balaban J connectivity index is 1.52. The Morgan fingerprint density at radius 3 is 2.77 bits per heavy atom. The number of rotatable bonds is 8. The second-order valence-corrected chi connectivity index (χ2v) is 9.94. The lowest BCUT2D eigenvalue weighted by Gasteiger charge is -2.28. The van der Waals surface area contributed by atoms with Crippen LogP contribution in [0.5, 0.6) is 5.75 Å². The highest BCUT2D eigenvalue weighted by Crippen LogP contribution is 2.30. The Morgan fingerprint density at radius 1 is 1.26 bits per heavy atom. The average molecular weight is 482 g/mol. The molecule has 2 amide bonds. The van der Waals surface area contributed by atoms with Gasteiger partial charge in [0.15, 0.2) is 5.78 Å². The molecule has 8 nitrogen and oxygen atoms in total. The molecule has 0 radical (unpaired) electrons. The van der Waals surface area contributed by atoms with Gasteiger partial charge in [-0.25, -0.2) is 0 Å². The molecule has 8 heteroatoms. The van der Waals surface area contributed by atoms with Gasteiger partial charge in [-0.1, -0.05) is 26.3 Å². The third-order valence-corrected chi connectivity index (χ3v) is 7.40. The lowest BCUT2D eigenvalue weighted by Crippen LogP contribution is -2.51. The fraction of sp³-hybridized carbons (Fsp3) is 0.556. The minimum atomic E-state index is -0.704. The third kappa shape index (κ3) is 5.26. The summed E-state index contributed by atoms with van der Waals surface area (Å²) in [6, 6.07) is 5.94. The van der Waals surface area contributed by atoms with Crippen molar-refractivity contribution in [2.45, 2.75) is 70.9 Å². The number of ether oxygens (including phenoxy) is 1. The molecule has 2 heterocycles. The van der Waals surface area contributed by atoms with E-state index >= 15 is 0 Å². The quantitative estimate of drug-likeness (QED) is 0.598. The summed E-state index contributed by atoms with van der Waals surface area (Å²) >= 11 is 0.